The molecular weight excluding hydrogens is 198 g/mol. The van der Waals surface area contributed by atoms with E-state index in [1.807, 2.05) is 30.5 Å². The van der Waals surface area contributed by atoms with E-state index in [0.29, 0.717) is 6.54 Å². The molecule has 2 aromatic rings. The third kappa shape index (κ3) is 1.68. The van der Waals surface area contributed by atoms with Crippen LogP contribution in [-0.2, 0) is 6.54 Å². The Morgan fingerprint density at radius 2 is 2.31 bits per heavy atom. The van der Waals surface area contributed by atoms with Crippen molar-refractivity contribution < 1.29 is 0 Å². The molecule has 0 aliphatic carbocycles. The number of nitrogens with zero attached hydrogens (tertiary/aromatic N) is 2. The maximum Gasteiger partial charge on any atom is 0.127 e. The maximum atomic E-state index is 5.89. The summed E-state index contributed by atoms with van der Waals surface area (Å²) in [5.41, 5.74) is 9.10. The van der Waals surface area contributed by atoms with Crippen LogP contribution in [0, 0.1) is 19.3 Å². The van der Waals surface area contributed by atoms with Crippen molar-refractivity contribution in [3.63, 3.8) is 0 Å². The van der Waals surface area contributed by atoms with Crippen molar-refractivity contribution in [1.29, 1.82) is 0 Å². The van der Waals surface area contributed by atoms with E-state index in [4.69, 9.17) is 12.2 Å². The van der Waals surface area contributed by atoms with Gasteiger partial charge in [0.25, 0.3) is 0 Å². The average molecular weight is 213 g/mol. The quantitative estimate of drug-likeness (QED) is 0.775. The molecule has 16 heavy (non-hydrogen) atoms. The number of nitrogens with two attached hydrogens (primary N) is 1. The third-order valence-corrected chi connectivity index (χ3v) is 2.59. The molecular formula is C13H15N3. The highest BCUT2D eigenvalue weighted by molar-refractivity contribution is 5.77. The van der Waals surface area contributed by atoms with Crippen LogP contribution >= 0.6 is 0 Å². The Bertz CT molecular complexity index is 558. The lowest BCUT2D eigenvalue weighted by atomic mass is 10.2. The Kier molecular flexibility index (Phi) is 2.67. The summed E-state index contributed by atoms with van der Waals surface area (Å²) < 4.78 is 2.00. The van der Waals surface area contributed by atoms with Gasteiger partial charge in [-0.15, -0.1) is 6.42 Å². The van der Waals surface area contributed by atoms with Crippen LogP contribution in [-0.4, -0.2) is 9.55 Å². The molecule has 0 aliphatic heterocycles. The van der Waals surface area contributed by atoms with Gasteiger partial charge < -0.3 is 10.3 Å². The van der Waals surface area contributed by atoms with Crippen molar-refractivity contribution in [1.82, 2.24) is 9.55 Å². The number of fused-ring (bicyclic) bond motifs is 1. The second-order valence-corrected chi connectivity index (χ2v) is 4.04. The van der Waals surface area contributed by atoms with Crippen molar-refractivity contribution >= 4 is 11.0 Å². The van der Waals surface area contributed by atoms with E-state index in [0.717, 1.165) is 16.9 Å². The number of hydrogen-bond donors (Lipinski definition) is 1. The number of terminal acetylenes is 1. The Morgan fingerprint density at radius 1 is 1.56 bits per heavy atom. The first-order valence-corrected chi connectivity index (χ1v) is 5.29. The lowest BCUT2D eigenvalue weighted by Crippen LogP contribution is -2.13. The molecule has 0 bridgehead atoms. The molecule has 1 unspecified atom stereocenters. The van der Waals surface area contributed by atoms with E-state index in [1.165, 1.54) is 5.56 Å². The van der Waals surface area contributed by atoms with Crippen molar-refractivity contribution in [2.45, 2.75) is 26.4 Å². The SMILES string of the molecule is C#CCn1c(C(C)N)nc2cc(C)ccc21. The largest absolute Gasteiger partial charge is 0.322 e. The van der Waals surface area contributed by atoms with Crippen molar-refractivity contribution in [3.8, 4) is 12.3 Å². The zero-order valence-electron chi connectivity index (χ0n) is 9.57. The summed E-state index contributed by atoms with van der Waals surface area (Å²) in [4.78, 5) is 4.53. The lowest BCUT2D eigenvalue weighted by Gasteiger charge is -2.07. The number of benzene rings is 1. The van der Waals surface area contributed by atoms with Crippen molar-refractivity contribution in [2.24, 2.45) is 5.73 Å². The number of aromatic nitrogens is 2. The number of aryl methyl sites for hydroxylation is 1. The Labute approximate surface area is 95.3 Å². The van der Waals surface area contributed by atoms with Gasteiger partial charge >= 0.3 is 0 Å². The van der Waals surface area contributed by atoms with Crippen LogP contribution in [0.5, 0.6) is 0 Å². The molecule has 1 aromatic heterocycles. The van der Waals surface area contributed by atoms with Gasteiger partial charge in [0, 0.05) is 0 Å². The minimum absolute atomic E-state index is 0.110. The summed E-state index contributed by atoms with van der Waals surface area (Å²) in [6.07, 6.45) is 5.37. The van der Waals surface area contributed by atoms with Crippen LogP contribution in [0.15, 0.2) is 18.2 Å². The van der Waals surface area contributed by atoms with Gasteiger partial charge in [-0.1, -0.05) is 12.0 Å². The van der Waals surface area contributed by atoms with Crippen LogP contribution in [0.2, 0.25) is 0 Å². The average Bonchev–Trinajstić information content (AvgIpc) is 2.57. The van der Waals surface area contributed by atoms with Crippen LogP contribution in [0.3, 0.4) is 0 Å². The van der Waals surface area contributed by atoms with Gasteiger partial charge in [0.05, 0.1) is 23.6 Å². The van der Waals surface area contributed by atoms with Crippen LogP contribution in [0.4, 0.5) is 0 Å². The molecule has 2 N–H and O–H groups in total. The van der Waals surface area contributed by atoms with Gasteiger partial charge in [-0.2, -0.15) is 0 Å². The fraction of sp³-hybridized carbons (Fsp3) is 0.308. The first-order chi connectivity index (χ1) is 7.63. The maximum absolute atomic E-state index is 5.89. The van der Waals surface area contributed by atoms with Crippen LogP contribution in [0.1, 0.15) is 24.4 Å². The van der Waals surface area contributed by atoms with E-state index in [-0.39, 0.29) is 6.04 Å². The second-order valence-electron chi connectivity index (χ2n) is 4.04. The highest BCUT2D eigenvalue weighted by Crippen LogP contribution is 2.20. The summed E-state index contributed by atoms with van der Waals surface area (Å²) in [5, 5.41) is 0. The summed E-state index contributed by atoms with van der Waals surface area (Å²) >= 11 is 0. The first kappa shape index (κ1) is 10.7. The predicted octanol–water partition coefficient (Wildman–Crippen LogP) is 2.00. The second kappa shape index (κ2) is 3.99. The summed E-state index contributed by atoms with van der Waals surface area (Å²) in [6.45, 7) is 4.47. The highest BCUT2D eigenvalue weighted by Gasteiger charge is 2.12. The van der Waals surface area contributed by atoms with Gasteiger partial charge in [-0.05, 0) is 31.5 Å². The molecule has 1 heterocycles. The van der Waals surface area contributed by atoms with Crippen molar-refractivity contribution in [2.75, 3.05) is 0 Å². The van der Waals surface area contributed by atoms with E-state index in [9.17, 15) is 0 Å². The summed E-state index contributed by atoms with van der Waals surface area (Å²) in [7, 11) is 0. The topological polar surface area (TPSA) is 43.8 Å². The first-order valence-electron chi connectivity index (χ1n) is 5.29. The number of hydrogen-bond acceptors (Lipinski definition) is 2. The minimum Gasteiger partial charge on any atom is -0.322 e. The molecule has 0 radical (unpaired) electrons. The van der Waals surface area contributed by atoms with Gasteiger partial charge in [0.2, 0.25) is 0 Å². The molecule has 2 rings (SSSR count). The van der Waals surface area contributed by atoms with Crippen LogP contribution in [0.25, 0.3) is 11.0 Å². The Balaban J connectivity index is 2.71. The van der Waals surface area contributed by atoms with Gasteiger partial charge in [-0.25, -0.2) is 4.98 Å². The molecule has 0 amide bonds. The standard InChI is InChI=1S/C13H15N3/c1-4-7-16-12-6-5-9(2)8-11(12)15-13(16)10(3)14/h1,5-6,8,10H,7,14H2,2-3H3. The zero-order valence-corrected chi connectivity index (χ0v) is 9.57. The van der Waals surface area contributed by atoms with Crippen molar-refractivity contribution in [3.05, 3.63) is 29.6 Å². The highest BCUT2D eigenvalue weighted by atomic mass is 15.1. The van der Waals surface area contributed by atoms with Gasteiger partial charge in [0.15, 0.2) is 0 Å². The fourth-order valence-corrected chi connectivity index (χ4v) is 1.86. The molecule has 0 fully saturated rings. The molecule has 3 nitrogen and oxygen atoms in total. The van der Waals surface area contributed by atoms with E-state index in [1.54, 1.807) is 0 Å². The smallest absolute Gasteiger partial charge is 0.127 e. The molecule has 0 saturated heterocycles. The summed E-state index contributed by atoms with van der Waals surface area (Å²) in [6, 6.07) is 6.04. The van der Waals surface area contributed by atoms with Crippen LogP contribution < -0.4 is 5.73 Å². The molecule has 0 aliphatic rings. The molecule has 0 spiro atoms. The fourth-order valence-electron chi connectivity index (χ4n) is 1.86. The lowest BCUT2D eigenvalue weighted by molar-refractivity contribution is 0.677. The van der Waals surface area contributed by atoms with Gasteiger partial charge in [-0.3, -0.25) is 0 Å². The number of imidazole rings is 1. The zero-order chi connectivity index (χ0) is 11.7. The molecule has 1 atom stereocenters. The van der Waals surface area contributed by atoms with E-state index in [2.05, 4.69) is 17.0 Å². The van der Waals surface area contributed by atoms with Gasteiger partial charge in [0.1, 0.15) is 5.82 Å². The molecule has 1 aromatic carbocycles. The minimum atomic E-state index is -0.110. The number of rotatable bonds is 2. The summed E-state index contributed by atoms with van der Waals surface area (Å²) in [5.74, 6) is 3.49. The molecule has 0 saturated carbocycles. The Morgan fingerprint density at radius 3 is 2.94 bits per heavy atom. The Hall–Kier alpha value is -1.79. The molecule has 3 heteroatoms. The monoisotopic (exact) mass is 213 g/mol. The normalized spacial score (nSPS) is 12.6. The molecule has 82 valence electrons. The van der Waals surface area contributed by atoms with E-state index >= 15 is 0 Å². The van der Waals surface area contributed by atoms with E-state index < -0.39 is 0 Å². The third-order valence-electron chi connectivity index (χ3n) is 2.59. The predicted molar refractivity (Wildman–Crippen MR) is 65.9 cm³/mol.